The molecule has 2 aliphatic rings. The summed E-state index contributed by atoms with van der Waals surface area (Å²) in [7, 11) is 0. The lowest BCUT2D eigenvalue weighted by Crippen LogP contribution is -2.44. The second-order valence-corrected chi connectivity index (χ2v) is 7.41. The van der Waals surface area contributed by atoms with Crippen LogP contribution in [0.25, 0.3) is 11.2 Å². The fourth-order valence-electron chi connectivity index (χ4n) is 3.59. The van der Waals surface area contributed by atoms with Crippen molar-refractivity contribution in [3.63, 3.8) is 0 Å². The zero-order valence-corrected chi connectivity index (χ0v) is 16.6. The zero-order valence-electron chi connectivity index (χ0n) is 15.8. The first kappa shape index (κ1) is 18.3. The number of hydrogen-bond donors (Lipinski definition) is 1. The molecule has 0 aromatic carbocycles. The van der Waals surface area contributed by atoms with Gasteiger partial charge in [-0.1, -0.05) is 16.8 Å². The number of nitrogens with zero attached hydrogens (tertiary/aromatic N) is 7. The number of piperazine rings is 1. The van der Waals surface area contributed by atoms with Crippen molar-refractivity contribution in [1.29, 1.82) is 0 Å². The van der Waals surface area contributed by atoms with Crippen molar-refractivity contribution in [1.82, 2.24) is 30.4 Å². The van der Waals surface area contributed by atoms with E-state index in [1.54, 1.807) is 6.07 Å². The molecule has 1 N–H and O–H groups in total. The van der Waals surface area contributed by atoms with E-state index in [-0.39, 0.29) is 17.6 Å². The van der Waals surface area contributed by atoms with Gasteiger partial charge in [0.05, 0.1) is 0 Å². The molecular weight excluding hydrogens is 396 g/mol. The summed E-state index contributed by atoms with van der Waals surface area (Å²) < 4.78 is 10.5. The number of hydrogen-bond acceptors (Lipinski definition) is 10. The Morgan fingerprint density at radius 2 is 1.86 bits per heavy atom. The molecule has 2 saturated heterocycles. The smallest absolute Gasteiger partial charge is 0.254 e. The molecule has 5 heterocycles. The number of anilines is 2. The Kier molecular flexibility index (Phi) is 5.03. The van der Waals surface area contributed by atoms with Crippen LogP contribution in [0.5, 0.6) is 5.88 Å². The Labute approximate surface area is 172 Å². The lowest BCUT2D eigenvalue weighted by Gasteiger charge is -2.28. The van der Waals surface area contributed by atoms with E-state index in [0.29, 0.717) is 22.8 Å². The predicted octanol–water partition coefficient (Wildman–Crippen LogP) is 1.65. The molecule has 5 rings (SSSR count). The van der Waals surface area contributed by atoms with Crippen LogP contribution in [0.4, 0.5) is 11.8 Å². The van der Waals surface area contributed by atoms with Crippen molar-refractivity contribution in [2.24, 2.45) is 0 Å². The number of rotatable bonds is 5. The van der Waals surface area contributed by atoms with Crippen LogP contribution < -0.4 is 19.9 Å². The van der Waals surface area contributed by atoms with Gasteiger partial charge in [-0.3, -0.25) is 0 Å². The number of ether oxygens (including phenoxy) is 1. The van der Waals surface area contributed by atoms with Gasteiger partial charge in [-0.15, -0.1) is 0 Å². The van der Waals surface area contributed by atoms with E-state index in [1.165, 1.54) is 6.26 Å². The Hall–Kier alpha value is -2.72. The molecule has 0 atom stereocenters. The highest BCUT2D eigenvalue weighted by Crippen LogP contribution is 2.31. The standard InChI is InChI=1S/C18H21ClN8O2/c19-14-17(28-11-12-3-10-29-25-12)22-15-13(21-14)16(26-6-1-2-7-26)24-18(23-15)27-8-4-20-5-9-27/h3,10,20H,1-2,4-9,11H2. The molecule has 0 radical (unpaired) electrons. The highest BCUT2D eigenvalue weighted by atomic mass is 35.5. The van der Waals surface area contributed by atoms with E-state index in [1.807, 2.05) is 0 Å². The molecule has 10 nitrogen and oxygen atoms in total. The van der Waals surface area contributed by atoms with Gasteiger partial charge in [-0.25, -0.2) is 4.98 Å². The molecule has 2 aliphatic heterocycles. The van der Waals surface area contributed by atoms with E-state index in [2.05, 4.69) is 30.2 Å². The maximum atomic E-state index is 6.38. The van der Waals surface area contributed by atoms with E-state index in [0.717, 1.165) is 57.9 Å². The van der Waals surface area contributed by atoms with Gasteiger partial charge in [0.1, 0.15) is 18.6 Å². The first-order valence-corrected chi connectivity index (χ1v) is 10.1. The molecule has 2 fully saturated rings. The number of fused-ring (bicyclic) bond motifs is 1. The van der Waals surface area contributed by atoms with E-state index in [4.69, 9.17) is 30.8 Å². The van der Waals surface area contributed by atoms with Crippen LogP contribution in [-0.2, 0) is 6.61 Å². The lowest BCUT2D eigenvalue weighted by atomic mass is 10.3. The minimum absolute atomic E-state index is 0.181. The van der Waals surface area contributed by atoms with Crippen molar-refractivity contribution < 1.29 is 9.26 Å². The SMILES string of the molecule is Clc1nc2c(N3CCCC3)nc(N3CCNCC3)nc2nc1OCc1ccon1. The van der Waals surface area contributed by atoms with Crippen molar-refractivity contribution in [3.05, 3.63) is 23.2 Å². The Bertz CT molecular complexity index is 987. The average Bonchev–Trinajstić information content (AvgIpc) is 3.46. The van der Waals surface area contributed by atoms with E-state index < -0.39 is 0 Å². The Morgan fingerprint density at radius 3 is 2.62 bits per heavy atom. The van der Waals surface area contributed by atoms with Crippen LogP contribution in [0.2, 0.25) is 5.15 Å². The molecule has 11 heteroatoms. The van der Waals surface area contributed by atoms with Crippen LogP contribution in [0.3, 0.4) is 0 Å². The van der Waals surface area contributed by atoms with Crippen LogP contribution in [0.15, 0.2) is 16.9 Å². The molecule has 0 unspecified atom stereocenters. The first-order valence-electron chi connectivity index (χ1n) is 9.76. The maximum absolute atomic E-state index is 6.38. The van der Waals surface area contributed by atoms with Gasteiger partial charge in [0, 0.05) is 45.3 Å². The summed E-state index contributed by atoms with van der Waals surface area (Å²) in [5.41, 5.74) is 1.73. The van der Waals surface area contributed by atoms with Crippen molar-refractivity contribution >= 4 is 34.5 Å². The normalized spacial score (nSPS) is 17.3. The van der Waals surface area contributed by atoms with Crippen LogP contribution in [-0.4, -0.2) is 64.4 Å². The number of halogens is 1. The van der Waals surface area contributed by atoms with Crippen LogP contribution >= 0.6 is 11.6 Å². The van der Waals surface area contributed by atoms with Crippen molar-refractivity contribution in [2.45, 2.75) is 19.4 Å². The summed E-state index contributed by atoms with van der Waals surface area (Å²) >= 11 is 6.38. The van der Waals surface area contributed by atoms with Gasteiger partial charge in [-0.2, -0.15) is 15.0 Å². The van der Waals surface area contributed by atoms with Gasteiger partial charge in [0.25, 0.3) is 5.88 Å². The Balaban J connectivity index is 1.54. The minimum atomic E-state index is 0.181. The summed E-state index contributed by atoms with van der Waals surface area (Å²) in [6, 6.07) is 1.72. The second kappa shape index (κ2) is 7.96. The van der Waals surface area contributed by atoms with Gasteiger partial charge in [0.2, 0.25) is 5.95 Å². The van der Waals surface area contributed by atoms with Crippen LogP contribution in [0.1, 0.15) is 18.5 Å². The molecule has 3 aromatic heterocycles. The summed E-state index contributed by atoms with van der Waals surface area (Å²) in [6.45, 7) is 5.57. The summed E-state index contributed by atoms with van der Waals surface area (Å²) in [5.74, 6) is 1.68. The lowest BCUT2D eigenvalue weighted by molar-refractivity contribution is 0.279. The third-order valence-electron chi connectivity index (χ3n) is 5.08. The topological polar surface area (TPSA) is 105 Å². The molecule has 152 valence electrons. The summed E-state index contributed by atoms with van der Waals surface area (Å²) in [4.78, 5) is 23.1. The molecule has 0 amide bonds. The van der Waals surface area contributed by atoms with Gasteiger partial charge in [0.15, 0.2) is 22.1 Å². The third kappa shape index (κ3) is 3.77. The molecule has 0 aliphatic carbocycles. The number of nitrogens with one attached hydrogen (secondary N) is 1. The first-order chi connectivity index (χ1) is 14.3. The largest absolute Gasteiger partial charge is 0.469 e. The van der Waals surface area contributed by atoms with Gasteiger partial charge >= 0.3 is 0 Å². The monoisotopic (exact) mass is 416 g/mol. The molecule has 0 saturated carbocycles. The fourth-order valence-corrected chi connectivity index (χ4v) is 3.77. The second-order valence-electron chi connectivity index (χ2n) is 7.05. The van der Waals surface area contributed by atoms with Crippen molar-refractivity contribution in [3.8, 4) is 5.88 Å². The summed E-state index contributed by atoms with van der Waals surface area (Å²) in [5, 5.41) is 7.36. The van der Waals surface area contributed by atoms with E-state index in [9.17, 15) is 0 Å². The quantitative estimate of drug-likeness (QED) is 0.659. The van der Waals surface area contributed by atoms with Gasteiger partial charge < -0.3 is 24.4 Å². The van der Waals surface area contributed by atoms with Crippen LogP contribution in [0, 0.1) is 0 Å². The molecule has 3 aromatic rings. The fraction of sp³-hybridized carbons (Fsp3) is 0.500. The molecule has 0 spiro atoms. The average molecular weight is 417 g/mol. The van der Waals surface area contributed by atoms with E-state index >= 15 is 0 Å². The van der Waals surface area contributed by atoms with Crippen molar-refractivity contribution in [2.75, 3.05) is 49.1 Å². The maximum Gasteiger partial charge on any atom is 0.254 e. The number of aromatic nitrogens is 5. The Morgan fingerprint density at radius 1 is 1.03 bits per heavy atom. The summed E-state index contributed by atoms with van der Waals surface area (Å²) in [6.07, 6.45) is 3.75. The minimum Gasteiger partial charge on any atom is -0.469 e. The zero-order chi connectivity index (χ0) is 19.6. The molecule has 0 bridgehead atoms. The highest BCUT2D eigenvalue weighted by Gasteiger charge is 2.24. The highest BCUT2D eigenvalue weighted by molar-refractivity contribution is 6.31. The molecular formula is C18H21ClN8O2. The molecule has 29 heavy (non-hydrogen) atoms. The predicted molar refractivity (Wildman–Crippen MR) is 108 cm³/mol. The van der Waals surface area contributed by atoms with Gasteiger partial charge in [-0.05, 0) is 12.8 Å². The third-order valence-corrected chi connectivity index (χ3v) is 5.33.